The van der Waals surface area contributed by atoms with Gasteiger partial charge in [0.1, 0.15) is 17.5 Å². The molecule has 0 atom stereocenters. The van der Waals surface area contributed by atoms with Gasteiger partial charge in [-0.1, -0.05) is 37.6 Å². The number of hydrogen-bond donors (Lipinski definition) is 0. The van der Waals surface area contributed by atoms with Crippen molar-refractivity contribution in [2.45, 2.75) is 19.8 Å². The van der Waals surface area contributed by atoms with E-state index in [-0.39, 0.29) is 0 Å². The van der Waals surface area contributed by atoms with Crippen molar-refractivity contribution in [2.75, 3.05) is 0 Å². The van der Waals surface area contributed by atoms with E-state index in [1.54, 1.807) is 10.9 Å². The minimum Gasteiger partial charge on any atom is -0.438 e. The molecule has 2 heterocycles. The van der Waals surface area contributed by atoms with Crippen LogP contribution in [0.5, 0.6) is 11.6 Å². The minimum atomic E-state index is 0.479. The standard InChI is InChI=1S/C20H17ClN4O/c1-13(2)14-3-9-17(10-4-14)26-20-18-11-24-25(19(18)22-12-23-20)16-7-5-15(21)6-8-16/h3-13H,1-2H3. The van der Waals surface area contributed by atoms with E-state index in [1.165, 1.54) is 11.9 Å². The van der Waals surface area contributed by atoms with Gasteiger partial charge in [0.05, 0.1) is 11.9 Å². The van der Waals surface area contributed by atoms with E-state index in [2.05, 4.69) is 41.0 Å². The quantitative estimate of drug-likeness (QED) is 0.487. The summed E-state index contributed by atoms with van der Waals surface area (Å²) in [5.41, 5.74) is 2.81. The van der Waals surface area contributed by atoms with E-state index in [0.717, 1.165) is 16.8 Å². The van der Waals surface area contributed by atoms with Gasteiger partial charge in [-0.05, 0) is 47.9 Å². The van der Waals surface area contributed by atoms with Gasteiger partial charge in [0, 0.05) is 5.02 Å². The van der Waals surface area contributed by atoms with Gasteiger partial charge in [-0.25, -0.2) is 14.6 Å². The largest absolute Gasteiger partial charge is 0.438 e. The number of rotatable bonds is 4. The molecule has 0 fully saturated rings. The first-order valence-corrected chi connectivity index (χ1v) is 8.72. The van der Waals surface area contributed by atoms with Crippen LogP contribution in [-0.2, 0) is 0 Å². The molecule has 0 saturated carbocycles. The van der Waals surface area contributed by atoms with Gasteiger partial charge in [0.25, 0.3) is 0 Å². The van der Waals surface area contributed by atoms with Crippen molar-refractivity contribution in [3.05, 3.63) is 71.6 Å². The SMILES string of the molecule is CC(C)c1ccc(Oc2ncnc3c2cnn3-c2ccc(Cl)cc2)cc1. The molecule has 0 amide bonds. The van der Waals surface area contributed by atoms with Crippen molar-refractivity contribution in [2.24, 2.45) is 0 Å². The summed E-state index contributed by atoms with van der Waals surface area (Å²) in [6.07, 6.45) is 3.19. The fraction of sp³-hybridized carbons (Fsp3) is 0.150. The zero-order valence-electron chi connectivity index (χ0n) is 14.4. The first-order chi connectivity index (χ1) is 12.6. The van der Waals surface area contributed by atoms with Gasteiger partial charge in [0.15, 0.2) is 5.65 Å². The van der Waals surface area contributed by atoms with E-state index >= 15 is 0 Å². The van der Waals surface area contributed by atoms with Crippen LogP contribution in [0.2, 0.25) is 5.02 Å². The fourth-order valence-corrected chi connectivity index (χ4v) is 2.83. The van der Waals surface area contributed by atoms with E-state index in [4.69, 9.17) is 16.3 Å². The van der Waals surface area contributed by atoms with Crippen molar-refractivity contribution in [3.63, 3.8) is 0 Å². The second kappa shape index (κ2) is 6.77. The molecule has 0 radical (unpaired) electrons. The number of aromatic nitrogens is 4. The summed E-state index contributed by atoms with van der Waals surface area (Å²) < 4.78 is 7.71. The summed E-state index contributed by atoms with van der Waals surface area (Å²) in [5, 5.41) is 5.85. The Labute approximate surface area is 156 Å². The highest BCUT2D eigenvalue weighted by Gasteiger charge is 2.13. The summed E-state index contributed by atoms with van der Waals surface area (Å²) >= 11 is 5.96. The molecule has 0 N–H and O–H groups in total. The highest BCUT2D eigenvalue weighted by molar-refractivity contribution is 6.30. The topological polar surface area (TPSA) is 52.8 Å². The summed E-state index contributed by atoms with van der Waals surface area (Å²) in [4.78, 5) is 8.63. The van der Waals surface area contributed by atoms with Crippen molar-refractivity contribution >= 4 is 22.6 Å². The molecule has 0 unspecified atom stereocenters. The van der Waals surface area contributed by atoms with E-state index < -0.39 is 0 Å². The third-order valence-corrected chi connectivity index (χ3v) is 4.41. The van der Waals surface area contributed by atoms with E-state index in [9.17, 15) is 0 Å². The molecule has 0 saturated heterocycles. The zero-order valence-corrected chi connectivity index (χ0v) is 15.2. The van der Waals surface area contributed by atoms with Gasteiger partial charge in [-0.2, -0.15) is 5.10 Å². The van der Waals surface area contributed by atoms with Crippen molar-refractivity contribution in [3.8, 4) is 17.3 Å². The maximum absolute atomic E-state index is 5.97. The predicted octanol–water partition coefficient (Wildman–Crippen LogP) is 5.38. The van der Waals surface area contributed by atoms with Crippen LogP contribution >= 0.6 is 11.6 Å². The Hall–Kier alpha value is -2.92. The molecule has 4 aromatic rings. The zero-order chi connectivity index (χ0) is 18.1. The first kappa shape index (κ1) is 16.5. The lowest BCUT2D eigenvalue weighted by Gasteiger charge is -2.08. The third kappa shape index (κ3) is 3.13. The molecule has 0 aliphatic heterocycles. The van der Waals surface area contributed by atoms with Gasteiger partial charge in [0.2, 0.25) is 5.88 Å². The molecule has 0 aliphatic rings. The Morgan fingerprint density at radius 2 is 1.69 bits per heavy atom. The van der Waals surface area contributed by atoms with Crippen LogP contribution in [-0.4, -0.2) is 19.7 Å². The highest BCUT2D eigenvalue weighted by atomic mass is 35.5. The van der Waals surface area contributed by atoms with Gasteiger partial charge in [-0.3, -0.25) is 0 Å². The van der Waals surface area contributed by atoms with Crippen molar-refractivity contribution in [1.29, 1.82) is 0 Å². The molecule has 2 aromatic carbocycles. The number of halogens is 1. The lowest BCUT2D eigenvalue weighted by Crippen LogP contribution is -1.98. The average molecular weight is 365 g/mol. The summed E-state index contributed by atoms with van der Waals surface area (Å²) in [5.74, 6) is 1.69. The maximum atomic E-state index is 5.97. The van der Waals surface area contributed by atoms with Crippen LogP contribution in [0.25, 0.3) is 16.7 Å². The molecule has 26 heavy (non-hydrogen) atoms. The lowest BCUT2D eigenvalue weighted by atomic mass is 10.0. The molecule has 130 valence electrons. The van der Waals surface area contributed by atoms with Gasteiger partial charge in [-0.15, -0.1) is 0 Å². The molecule has 6 heteroatoms. The predicted molar refractivity (Wildman–Crippen MR) is 102 cm³/mol. The second-order valence-corrected chi connectivity index (χ2v) is 6.71. The smallest absolute Gasteiger partial charge is 0.233 e. The number of nitrogens with zero attached hydrogens (tertiary/aromatic N) is 4. The van der Waals surface area contributed by atoms with Gasteiger partial charge < -0.3 is 4.74 Å². The van der Waals surface area contributed by atoms with Crippen molar-refractivity contribution < 1.29 is 4.74 Å². The summed E-state index contributed by atoms with van der Waals surface area (Å²) in [6.45, 7) is 4.32. The minimum absolute atomic E-state index is 0.479. The molecule has 0 aliphatic carbocycles. The Kier molecular flexibility index (Phi) is 4.31. The fourth-order valence-electron chi connectivity index (χ4n) is 2.71. The highest BCUT2D eigenvalue weighted by Crippen LogP contribution is 2.28. The maximum Gasteiger partial charge on any atom is 0.233 e. The Bertz CT molecular complexity index is 1040. The number of fused-ring (bicyclic) bond motifs is 1. The van der Waals surface area contributed by atoms with E-state index in [0.29, 0.717) is 22.5 Å². The van der Waals surface area contributed by atoms with Gasteiger partial charge >= 0.3 is 0 Å². The summed E-state index contributed by atoms with van der Waals surface area (Å²) in [6, 6.07) is 15.5. The van der Waals surface area contributed by atoms with E-state index in [1.807, 2.05) is 36.4 Å². The Morgan fingerprint density at radius 1 is 0.962 bits per heavy atom. The Balaban J connectivity index is 1.69. The van der Waals surface area contributed by atoms with Crippen LogP contribution < -0.4 is 4.74 Å². The molecule has 5 nitrogen and oxygen atoms in total. The van der Waals surface area contributed by atoms with Crippen LogP contribution in [0.3, 0.4) is 0 Å². The summed E-state index contributed by atoms with van der Waals surface area (Å²) in [7, 11) is 0. The van der Waals surface area contributed by atoms with Crippen molar-refractivity contribution in [1.82, 2.24) is 19.7 Å². The number of hydrogen-bond acceptors (Lipinski definition) is 4. The molecular weight excluding hydrogens is 348 g/mol. The van der Waals surface area contributed by atoms with Crippen LogP contribution in [0.4, 0.5) is 0 Å². The lowest BCUT2D eigenvalue weighted by molar-refractivity contribution is 0.468. The third-order valence-electron chi connectivity index (χ3n) is 4.16. The first-order valence-electron chi connectivity index (χ1n) is 8.34. The average Bonchev–Trinajstić information content (AvgIpc) is 3.08. The molecule has 2 aromatic heterocycles. The Morgan fingerprint density at radius 3 is 2.38 bits per heavy atom. The molecule has 0 bridgehead atoms. The molecule has 4 rings (SSSR count). The molecular formula is C20H17ClN4O. The number of benzene rings is 2. The van der Waals surface area contributed by atoms with Crippen LogP contribution in [0.15, 0.2) is 61.1 Å². The van der Waals surface area contributed by atoms with Crippen LogP contribution in [0, 0.1) is 0 Å². The monoisotopic (exact) mass is 364 g/mol. The normalized spacial score (nSPS) is 11.2. The second-order valence-electron chi connectivity index (χ2n) is 6.27. The molecule has 0 spiro atoms. The number of ether oxygens (including phenoxy) is 1. The van der Waals surface area contributed by atoms with Crippen LogP contribution in [0.1, 0.15) is 25.3 Å².